The van der Waals surface area contributed by atoms with Crippen molar-refractivity contribution in [3.8, 4) is 11.1 Å². The summed E-state index contributed by atoms with van der Waals surface area (Å²) in [6.45, 7) is 3.95. The number of aliphatic hydroxyl groups excluding tert-OH is 1. The number of aromatic amines is 1. The maximum atomic E-state index is 10.00. The van der Waals surface area contributed by atoms with Gasteiger partial charge in [-0.15, -0.1) is 0 Å². The summed E-state index contributed by atoms with van der Waals surface area (Å²) in [5, 5.41) is 10.5. The fourth-order valence-corrected chi connectivity index (χ4v) is 3.78. The normalized spacial score (nSPS) is 13.0. The van der Waals surface area contributed by atoms with Crippen LogP contribution >= 0.6 is 11.3 Å². The molecule has 4 N–H and O–H groups in total. The average molecular weight is 339 g/mol. The van der Waals surface area contributed by atoms with Crippen molar-refractivity contribution < 1.29 is 5.11 Å². The molecule has 4 aromatic rings. The Morgan fingerprint density at radius 1 is 1.29 bits per heavy atom. The molecule has 24 heavy (non-hydrogen) atoms. The minimum absolute atomic E-state index is 0.536. The van der Waals surface area contributed by atoms with Crippen LogP contribution in [0.4, 0.5) is 5.13 Å². The lowest BCUT2D eigenvalue weighted by Gasteiger charge is -2.12. The van der Waals surface area contributed by atoms with E-state index in [1.807, 2.05) is 26.0 Å². The number of fused-ring (bicyclic) bond motifs is 3. The van der Waals surface area contributed by atoms with Gasteiger partial charge in [-0.3, -0.25) is 4.98 Å². The lowest BCUT2D eigenvalue weighted by molar-refractivity contribution is 0.169. The molecule has 0 saturated heterocycles. The predicted molar refractivity (Wildman–Crippen MR) is 96.9 cm³/mol. The Bertz CT molecular complexity index is 1050. The molecule has 3 aromatic heterocycles. The molecule has 0 spiro atoms. The fourth-order valence-electron chi connectivity index (χ4n) is 2.96. The van der Waals surface area contributed by atoms with Gasteiger partial charge in [0.15, 0.2) is 5.13 Å². The Balaban J connectivity index is 1.96. The summed E-state index contributed by atoms with van der Waals surface area (Å²) in [6, 6.07) is 3.94. The summed E-state index contributed by atoms with van der Waals surface area (Å²) in [5.74, 6) is 0. The molecule has 0 amide bonds. The van der Waals surface area contributed by atoms with Crippen LogP contribution in [0.3, 0.4) is 0 Å². The number of hydrogen-bond acceptors (Lipinski definition) is 6. The third kappa shape index (κ3) is 2.24. The number of nitrogens with one attached hydrogen (secondary N) is 1. The number of anilines is 1. The van der Waals surface area contributed by atoms with E-state index in [1.54, 1.807) is 12.5 Å². The van der Waals surface area contributed by atoms with Crippen LogP contribution in [0.1, 0.15) is 30.7 Å². The lowest BCUT2D eigenvalue weighted by atomic mass is 9.99. The number of nitrogens with two attached hydrogens (primary N) is 1. The van der Waals surface area contributed by atoms with Crippen LogP contribution in [0.2, 0.25) is 0 Å². The number of nitrogens with zero attached hydrogens (tertiary/aromatic N) is 3. The van der Waals surface area contributed by atoms with Crippen molar-refractivity contribution in [1.82, 2.24) is 19.9 Å². The molecule has 0 bridgehead atoms. The second kappa shape index (κ2) is 5.54. The second-order valence-electron chi connectivity index (χ2n) is 5.80. The van der Waals surface area contributed by atoms with E-state index in [4.69, 9.17) is 5.73 Å². The first-order valence-corrected chi connectivity index (χ1v) is 8.57. The highest BCUT2D eigenvalue weighted by Gasteiger charge is 2.16. The highest BCUT2D eigenvalue weighted by Crippen LogP contribution is 2.37. The number of thiazole rings is 1. The Hall–Kier alpha value is -2.51. The number of rotatable bonds is 3. The standard InChI is InChI=1S/C17H17N5OS/c1-3-13(23)11-4-8(2)10(6-19-11)9-5-12-16(24-17(18)22-12)15-14(9)20-7-21-15/h4-7,13,23H,3H2,1-2H3,(H2,18,22)(H,20,21)/t13-/m0/s1. The number of aliphatic hydroxyl groups is 1. The van der Waals surface area contributed by atoms with E-state index in [0.717, 1.165) is 37.9 Å². The van der Waals surface area contributed by atoms with Crippen molar-refractivity contribution >= 4 is 37.7 Å². The van der Waals surface area contributed by atoms with Gasteiger partial charge in [-0.1, -0.05) is 18.3 Å². The van der Waals surface area contributed by atoms with Gasteiger partial charge in [0.2, 0.25) is 0 Å². The quantitative estimate of drug-likeness (QED) is 0.530. The molecule has 4 rings (SSSR count). The van der Waals surface area contributed by atoms with Gasteiger partial charge >= 0.3 is 0 Å². The second-order valence-corrected chi connectivity index (χ2v) is 6.83. The van der Waals surface area contributed by atoms with Gasteiger partial charge in [0.25, 0.3) is 0 Å². The summed E-state index contributed by atoms with van der Waals surface area (Å²) in [7, 11) is 0. The smallest absolute Gasteiger partial charge is 0.181 e. The zero-order valence-corrected chi connectivity index (χ0v) is 14.2. The molecule has 6 nitrogen and oxygen atoms in total. The molecule has 0 aliphatic carbocycles. The van der Waals surface area contributed by atoms with E-state index >= 15 is 0 Å². The molecule has 7 heteroatoms. The first-order chi connectivity index (χ1) is 11.6. The molecule has 1 atom stereocenters. The third-order valence-electron chi connectivity index (χ3n) is 4.22. The van der Waals surface area contributed by atoms with Gasteiger partial charge in [-0.2, -0.15) is 0 Å². The summed E-state index contributed by atoms with van der Waals surface area (Å²) in [5.41, 5.74) is 12.2. The van der Waals surface area contributed by atoms with Crippen molar-refractivity contribution in [3.63, 3.8) is 0 Å². The zero-order valence-electron chi connectivity index (χ0n) is 13.4. The fraction of sp³-hybridized carbons (Fsp3) is 0.235. The average Bonchev–Trinajstić information content (AvgIpc) is 3.18. The van der Waals surface area contributed by atoms with E-state index in [1.165, 1.54) is 11.3 Å². The van der Waals surface area contributed by atoms with Crippen molar-refractivity contribution in [2.45, 2.75) is 26.4 Å². The van der Waals surface area contributed by atoms with E-state index in [0.29, 0.717) is 17.2 Å². The van der Waals surface area contributed by atoms with E-state index in [-0.39, 0.29) is 0 Å². The van der Waals surface area contributed by atoms with Crippen LogP contribution in [-0.4, -0.2) is 25.0 Å². The monoisotopic (exact) mass is 339 g/mol. The number of benzene rings is 1. The van der Waals surface area contributed by atoms with Gasteiger partial charge in [0.1, 0.15) is 0 Å². The number of imidazole rings is 1. The topological polar surface area (TPSA) is 101 Å². The van der Waals surface area contributed by atoms with Crippen LogP contribution in [0.15, 0.2) is 24.7 Å². The molecule has 0 aliphatic rings. The van der Waals surface area contributed by atoms with E-state index in [2.05, 4.69) is 19.9 Å². The highest BCUT2D eigenvalue weighted by atomic mass is 32.1. The van der Waals surface area contributed by atoms with Gasteiger partial charge < -0.3 is 15.8 Å². The summed E-state index contributed by atoms with van der Waals surface area (Å²) < 4.78 is 1.01. The first-order valence-electron chi connectivity index (χ1n) is 7.75. The third-order valence-corrected chi connectivity index (χ3v) is 5.14. The van der Waals surface area contributed by atoms with Gasteiger partial charge in [-0.05, 0) is 31.0 Å². The van der Waals surface area contributed by atoms with Crippen LogP contribution in [0, 0.1) is 6.92 Å². The van der Waals surface area contributed by atoms with Crippen molar-refractivity contribution in [2.75, 3.05) is 5.73 Å². The first kappa shape index (κ1) is 15.0. The number of pyridine rings is 1. The SMILES string of the molecule is CC[C@H](O)c1cc(C)c(-c2cc3nc(N)sc3c3[nH]cnc23)cn1. The summed E-state index contributed by atoms with van der Waals surface area (Å²) in [6.07, 6.45) is 3.58. The van der Waals surface area contributed by atoms with Crippen molar-refractivity contribution in [3.05, 3.63) is 35.9 Å². The number of nitrogen functional groups attached to an aromatic ring is 1. The maximum Gasteiger partial charge on any atom is 0.181 e. The highest BCUT2D eigenvalue weighted by molar-refractivity contribution is 7.22. The largest absolute Gasteiger partial charge is 0.387 e. The molecule has 0 radical (unpaired) electrons. The Morgan fingerprint density at radius 2 is 2.12 bits per heavy atom. The van der Waals surface area contributed by atoms with Gasteiger partial charge in [-0.25, -0.2) is 9.97 Å². The minimum atomic E-state index is -0.538. The lowest BCUT2D eigenvalue weighted by Crippen LogP contribution is -2.00. The molecule has 0 fully saturated rings. The van der Waals surface area contributed by atoms with Gasteiger partial charge in [0.05, 0.1) is 39.4 Å². The minimum Gasteiger partial charge on any atom is -0.387 e. The van der Waals surface area contributed by atoms with Crippen molar-refractivity contribution in [2.24, 2.45) is 0 Å². The van der Waals surface area contributed by atoms with Crippen LogP contribution in [0.5, 0.6) is 0 Å². The van der Waals surface area contributed by atoms with E-state index in [9.17, 15) is 5.11 Å². The Morgan fingerprint density at radius 3 is 2.88 bits per heavy atom. The van der Waals surface area contributed by atoms with Crippen LogP contribution in [-0.2, 0) is 0 Å². The van der Waals surface area contributed by atoms with Gasteiger partial charge in [0, 0.05) is 17.3 Å². The Labute approximate surface area is 142 Å². The molecular weight excluding hydrogens is 322 g/mol. The Kier molecular flexibility index (Phi) is 3.47. The summed E-state index contributed by atoms with van der Waals surface area (Å²) in [4.78, 5) is 16.5. The number of aromatic nitrogens is 4. The molecule has 122 valence electrons. The van der Waals surface area contributed by atoms with Crippen LogP contribution < -0.4 is 5.73 Å². The predicted octanol–water partition coefficient (Wildman–Crippen LogP) is 3.57. The number of aryl methyl sites for hydroxylation is 1. The maximum absolute atomic E-state index is 10.00. The zero-order chi connectivity index (χ0) is 16.8. The summed E-state index contributed by atoms with van der Waals surface area (Å²) >= 11 is 1.45. The molecule has 0 unspecified atom stereocenters. The molecule has 3 heterocycles. The van der Waals surface area contributed by atoms with E-state index < -0.39 is 6.10 Å². The molecule has 1 aromatic carbocycles. The number of H-pyrrole nitrogens is 1. The number of hydrogen-bond donors (Lipinski definition) is 3. The molecule has 0 saturated carbocycles. The molecule has 0 aliphatic heterocycles. The van der Waals surface area contributed by atoms with Crippen LogP contribution in [0.25, 0.3) is 32.4 Å². The molecular formula is C17H17N5OS. The van der Waals surface area contributed by atoms with Crippen molar-refractivity contribution in [1.29, 1.82) is 0 Å².